The van der Waals surface area contributed by atoms with E-state index in [0.29, 0.717) is 18.2 Å². The van der Waals surface area contributed by atoms with Crippen LogP contribution in [0.2, 0.25) is 0 Å². The van der Waals surface area contributed by atoms with E-state index in [9.17, 15) is 4.79 Å². The molecule has 0 aliphatic heterocycles. The zero-order valence-corrected chi connectivity index (χ0v) is 9.55. The highest BCUT2D eigenvalue weighted by atomic mass is 16.4. The van der Waals surface area contributed by atoms with Gasteiger partial charge in [-0.3, -0.25) is 4.79 Å². The van der Waals surface area contributed by atoms with Crippen LogP contribution in [0.4, 0.5) is 11.6 Å². The zero-order chi connectivity index (χ0) is 12.8. The third-order valence-corrected chi connectivity index (χ3v) is 2.21. The Hall–Kier alpha value is -2.57. The molecule has 0 fully saturated rings. The molecule has 0 spiro atoms. The highest BCUT2D eigenvalue weighted by Crippen LogP contribution is 2.09. The van der Waals surface area contributed by atoms with E-state index in [2.05, 4.69) is 25.6 Å². The Kier molecular flexibility index (Phi) is 3.75. The van der Waals surface area contributed by atoms with Crippen molar-refractivity contribution in [2.45, 2.75) is 6.54 Å². The van der Waals surface area contributed by atoms with Gasteiger partial charge in [-0.2, -0.15) is 0 Å². The number of nitrogens with one attached hydrogen (secondary N) is 3. The van der Waals surface area contributed by atoms with Gasteiger partial charge in [-0.05, 0) is 12.1 Å². The molecule has 2 rings (SSSR count). The lowest BCUT2D eigenvalue weighted by atomic mass is 10.4. The average molecular weight is 247 g/mol. The third kappa shape index (κ3) is 3.48. The third-order valence-electron chi connectivity index (χ3n) is 2.21. The molecular weight excluding hydrogens is 234 g/mol. The molecule has 0 unspecified atom stereocenters. The first kappa shape index (κ1) is 11.9. The fourth-order valence-electron chi connectivity index (χ4n) is 1.38. The largest absolute Gasteiger partial charge is 0.480 e. The number of rotatable bonds is 6. The number of H-pyrrole nitrogens is 1. The van der Waals surface area contributed by atoms with Crippen LogP contribution in [0.1, 0.15) is 5.69 Å². The summed E-state index contributed by atoms with van der Waals surface area (Å²) in [5.41, 5.74) is 1.04. The number of carbonyl (C=O) groups is 1. The van der Waals surface area contributed by atoms with Crippen molar-refractivity contribution in [3.05, 3.63) is 36.4 Å². The molecule has 0 saturated carbocycles. The van der Waals surface area contributed by atoms with Gasteiger partial charge in [-0.1, -0.05) is 0 Å². The second-order valence-electron chi connectivity index (χ2n) is 3.58. The summed E-state index contributed by atoms with van der Waals surface area (Å²) in [4.78, 5) is 21.4. The van der Waals surface area contributed by atoms with Crippen molar-refractivity contribution < 1.29 is 9.90 Å². The number of aromatic nitrogens is 3. The van der Waals surface area contributed by atoms with Crippen molar-refractivity contribution in [2.75, 3.05) is 17.2 Å². The molecule has 0 aliphatic carbocycles. The van der Waals surface area contributed by atoms with E-state index in [1.807, 2.05) is 18.3 Å². The molecule has 0 aromatic carbocycles. The average Bonchev–Trinajstić information content (AvgIpc) is 2.87. The molecule has 7 heteroatoms. The summed E-state index contributed by atoms with van der Waals surface area (Å²) in [6, 6.07) is 5.53. The summed E-state index contributed by atoms with van der Waals surface area (Å²) in [5, 5.41) is 14.3. The lowest BCUT2D eigenvalue weighted by Gasteiger charge is -2.06. The fraction of sp³-hybridized carbons (Fsp3) is 0.182. The summed E-state index contributed by atoms with van der Waals surface area (Å²) in [5.74, 6) is 0.170. The number of carboxylic acids is 1. The number of aromatic amines is 1. The number of hydrogen-bond acceptors (Lipinski definition) is 5. The zero-order valence-electron chi connectivity index (χ0n) is 9.55. The molecule has 2 heterocycles. The number of hydrogen-bond donors (Lipinski definition) is 4. The number of carboxylic acid groups (broad SMARTS) is 1. The molecule has 0 amide bonds. The highest BCUT2D eigenvalue weighted by molar-refractivity contribution is 5.72. The minimum absolute atomic E-state index is 0.174. The maximum atomic E-state index is 10.4. The standard InChI is InChI=1S/C11H13N5O2/c17-11(18)6-14-10-4-9(15-7-16-10)13-5-8-2-1-3-12-8/h1-4,7,12H,5-6H2,(H,17,18)(H2,13,14,15,16). The van der Waals surface area contributed by atoms with Gasteiger partial charge in [0.25, 0.3) is 0 Å². The number of nitrogens with zero attached hydrogens (tertiary/aromatic N) is 2. The summed E-state index contributed by atoms with van der Waals surface area (Å²) in [6.45, 7) is 0.440. The molecule has 2 aromatic rings. The Morgan fingerprint density at radius 2 is 2.11 bits per heavy atom. The van der Waals surface area contributed by atoms with Gasteiger partial charge in [0.1, 0.15) is 24.5 Å². The van der Waals surface area contributed by atoms with Crippen LogP contribution in [0.25, 0.3) is 0 Å². The van der Waals surface area contributed by atoms with Crippen LogP contribution in [0, 0.1) is 0 Å². The van der Waals surface area contributed by atoms with E-state index in [1.165, 1.54) is 6.33 Å². The smallest absolute Gasteiger partial charge is 0.322 e. The van der Waals surface area contributed by atoms with Crippen molar-refractivity contribution in [3.8, 4) is 0 Å². The first-order chi connectivity index (χ1) is 8.74. The van der Waals surface area contributed by atoms with Crippen LogP contribution < -0.4 is 10.6 Å². The van der Waals surface area contributed by atoms with Crippen molar-refractivity contribution >= 4 is 17.6 Å². The van der Waals surface area contributed by atoms with E-state index < -0.39 is 5.97 Å². The second kappa shape index (κ2) is 5.67. The SMILES string of the molecule is O=C(O)CNc1cc(NCc2ccc[nH]2)ncn1. The van der Waals surface area contributed by atoms with E-state index in [-0.39, 0.29) is 6.54 Å². The summed E-state index contributed by atoms with van der Waals surface area (Å²) >= 11 is 0. The van der Waals surface area contributed by atoms with Gasteiger partial charge >= 0.3 is 5.97 Å². The van der Waals surface area contributed by atoms with Gasteiger partial charge in [-0.15, -0.1) is 0 Å². The minimum Gasteiger partial charge on any atom is -0.480 e. The van der Waals surface area contributed by atoms with Gasteiger partial charge < -0.3 is 20.7 Å². The van der Waals surface area contributed by atoms with Gasteiger partial charge in [-0.25, -0.2) is 9.97 Å². The van der Waals surface area contributed by atoms with Crippen LogP contribution in [0.3, 0.4) is 0 Å². The van der Waals surface area contributed by atoms with E-state index in [1.54, 1.807) is 6.07 Å². The number of aliphatic carboxylic acids is 1. The van der Waals surface area contributed by atoms with Crippen LogP contribution >= 0.6 is 0 Å². The van der Waals surface area contributed by atoms with Crippen molar-refractivity contribution in [2.24, 2.45) is 0 Å². The molecular formula is C11H13N5O2. The van der Waals surface area contributed by atoms with E-state index in [0.717, 1.165) is 5.69 Å². The molecule has 0 saturated heterocycles. The fourth-order valence-corrected chi connectivity index (χ4v) is 1.38. The Labute approximate surface area is 103 Å². The van der Waals surface area contributed by atoms with Crippen molar-refractivity contribution in [1.82, 2.24) is 15.0 Å². The van der Waals surface area contributed by atoms with E-state index >= 15 is 0 Å². The topological polar surface area (TPSA) is 103 Å². The quantitative estimate of drug-likeness (QED) is 0.605. The monoisotopic (exact) mass is 247 g/mol. The predicted molar refractivity (Wildman–Crippen MR) is 66.3 cm³/mol. The maximum absolute atomic E-state index is 10.4. The lowest BCUT2D eigenvalue weighted by molar-refractivity contribution is -0.134. The van der Waals surface area contributed by atoms with Crippen molar-refractivity contribution in [1.29, 1.82) is 0 Å². The van der Waals surface area contributed by atoms with Crippen LogP contribution in [0.5, 0.6) is 0 Å². The Bertz CT molecular complexity index is 512. The molecule has 94 valence electrons. The predicted octanol–water partition coefficient (Wildman–Crippen LogP) is 0.913. The molecule has 2 aromatic heterocycles. The summed E-state index contributed by atoms with van der Waals surface area (Å²) < 4.78 is 0. The van der Waals surface area contributed by atoms with Gasteiger partial charge in [0.05, 0.1) is 6.54 Å². The highest BCUT2D eigenvalue weighted by Gasteiger charge is 2.01. The van der Waals surface area contributed by atoms with E-state index in [4.69, 9.17) is 5.11 Å². The van der Waals surface area contributed by atoms with Gasteiger partial charge in [0.15, 0.2) is 0 Å². The van der Waals surface area contributed by atoms with Crippen molar-refractivity contribution in [3.63, 3.8) is 0 Å². The molecule has 0 aliphatic rings. The Morgan fingerprint density at radius 1 is 1.33 bits per heavy atom. The lowest BCUT2D eigenvalue weighted by Crippen LogP contribution is -2.13. The molecule has 0 atom stereocenters. The number of anilines is 2. The summed E-state index contributed by atoms with van der Waals surface area (Å²) in [6.07, 6.45) is 3.22. The van der Waals surface area contributed by atoms with Crippen LogP contribution in [-0.2, 0) is 11.3 Å². The first-order valence-corrected chi connectivity index (χ1v) is 5.38. The first-order valence-electron chi connectivity index (χ1n) is 5.38. The Morgan fingerprint density at radius 3 is 2.78 bits per heavy atom. The molecule has 18 heavy (non-hydrogen) atoms. The van der Waals surface area contributed by atoms with Gasteiger partial charge in [0, 0.05) is 18.0 Å². The summed E-state index contributed by atoms with van der Waals surface area (Å²) in [7, 11) is 0. The molecule has 7 nitrogen and oxygen atoms in total. The molecule has 4 N–H and O–H groups in total. The second-order valence-corrected chi connectivity index (χ2v) is 3.58. The molecule has 0 bridgehead atoms. The van der Waals surface area contributed by atoms with Crippen LogP contribution in [-0.4, -0.2) is 32.6 Å². The normalized spacial score (nSPS) is 10.0. The minimum atomic E-state index is -0.936. The van der Waals surface area contributed by atoms with Gasteiger partial charge in [0.2, 0.25) is 0 Å². The maximum Gasteiger partial charge on any atom is 0.322 e. The molecule has 0 radical (unpaired) electrons. The Balaban J connectivity index is 1.92. The van der Waals surface area contributed by atoms with Crippen LogP contribution in [0.15, 0.2) is 30.7 Å².